The number of carbonyl (C=O) groups is 1. The first-order chi connectivity index (χ1) is 9.66. The van der Waals surface area contributed by atoms with E-state index in [-0.39, 0.29) is 17.9 Å². The maximum Gasteiger partial charge on any atom is 0.227 e. The van der Waals surface area contributed by atoms with Gasteiger partial charge in [-0.15, -0.1) is 0 Å². The molecule has 2 aliphatic rings. The Bertz CT molecular complexity index is 480. The number of amides is 1. The Balaban J connectivity index is 1.73. The summed E-state index contributed by atoms with van der Waals surface area (Å²) in [6.07, 6.45) is 10.2. The predicted octanol–water partition coefficient (Wildman–Crippen LogP) is 1.43. The lowest BCUT2D eigenvalue weighted by Gasteiger charge is -2.33. The van der Waals surface area contributed by atoms with Gasteiger partial charge in [0, 0.05) is 31.5 Å². The fraction of sp³-hybridized carbons (Fsp3) is 0.733. The normalized spacial score (nSPS) is 26.5. The van der Waals surface area contributed by atoms with E-state index in [4.69, 9.17) is 5.73 Å². The first kappa shape index (κ1) is 13.6. The zero-order valence-corrected chi connectivity index (χ0v) is 12.2. The van der Waals surface area contributed by atoms with Crippen molar-refractivity contribution in [2.75, 3.05) is 0 Å². The van der Waals surface area contributed by atoms with Gasteiger partial charge in [0.2, 0.25) is 5.91 Å². The Morgan fingerprint density at radius 3 is 2.75 bits per heavy atom. The summed E-state index contributed by atoms with van der Waals surface area (Å²) in [7, 11) is 1.98. The molecular formula is C15H24N4O. The van der Waals surface area contributed by atoms with Gasteiger partial charge < -0.3 is 15.2 Å². The van der Waals surface area contributed by atoms with Crippen molar-refractivity contribution in [2.24, 2.45) is 18.7 Å². The molecule has 0 spiro atoms. The summed E-state index contributed by atoms with van der Waals surface area (Å²) in [5.41, 5.74) is 6.17. The van der Waals surface area contributed by atoms with Crippen LogP contribution in [0.1, 0.15) is 44.3 Å². The van der Waals surface area contributed by atoms with E-state index in [1.54, 1.807) is 6.20 Å². The number of rotatable bonds is 4. The smallest absolute Gasteiger partial charge is 0.227 e. The summed E-state index contributed by atoms with van der Waals surface area (Å²) in [5.74, 6) is 1.22. The molecule has 5 heteroatoms. The summed E-state index contributed by atoms with van der Waals surface area (Å²) >= 11 is 0. The Hall–Kier alpha value is -1.36. The quantitative estimate of drug-likeness (QED) is 0.904. The zero-order chi connectivity index (χ0) is 14.1. The van der Waals surface area contributed by atoms with Gasteiger partial charge in [0.25, 0.3) is 0 Å². The van der Waals surface area contributed by atoms with E-state index in [0.717, 1.165) is 44.3 Å². The van der Waals surface area contributed by atoms with Crippen molar-refractivity contribution < 1.29 is 4.79 Å². The van der Waals surface area contributed by atoms with E-state index in [1.807, 2.05) is 22.7 Å². The molecule has 0 aromatic carbocycles. The van der Waals surface area contributed by atoms with Crippen molar-refractivity contribution >= 4 is 5.91 Å². The van der Waals surface area contributed by atoms with Crippen molar-refractivity contribution in [3.05, 3.63) is 18.2 Å². The lowest BCUT2D eigenvalue weighted by Crippen LogP contribution is -2.46. The third-order valence-electron chi connectivity index (χ3n) is 4.64. The highest BCUT2D eigenvalue weighted by Gasteiger charge is 2.38. The Morgan fingerprint density at radius 2 is 2.15 bits per heavy atom. The van der Waals surface area contributed by atoms with Crippen molar-refractivity contribution in [3.63, 3.8) is 0 Å². The Labute approximate surface area is 120 Å². The standard InChI is InChI=1S/C15H24N4O/c1-18-9-8-17-14(18)10-19(11-6-7-11)15(20)12-4-2-3-5-13(12)16/h8-9,11-13H,2-7,10,16H2,1H3. The largest absolute Gasteiger partial charge is 0.337 e. The third kappa shape index (κ3) is 2.73. The molecule has 2 atom stereocenters. The minimum Gasteiger partial charge on any atom is -0.337 e. The van der Waals surface area contributed by atoms with Gasteiger partial charge in [-0.1, -0.05) is 12.8 Å². The summed E-state index contributed by atoms with van der Waals surface area (Å²) in [4.78, 5) is 19.2. The van der Waals surface area contributed by atoms with E-state index in [9.17, 15) is 4.79 Å². The molecule has 2 fully saturated rings. The summed E-state index contributed by atoms with van der Waals surface area (Å²) in [5, 5.41) is 0. The number of hydrogen-bond acceptors (Lipinski definition) is 3. The topological polar surface area (TPSA) is 64.2 Å². The number of aromatic nitrogens is 2. The monoisotopic (exact) mass is 276 g/mol. The van der Waals surface area contributed by atoms with E-state index >= 15 is 0 Å². The molecule has 2 aliphatic carbocycles. The second-order valence-corrected chi connectivity index (χ2v) is 6.21. The fourth-order valence-corrected chi connectivity index (χ4v) is 3.15. The first-order valence-corrected chi connectivity index (χ1v) is 7.69. The molecule has 0 bridgehead atoms. The van der Waals surface area contributed by atoms with Gasteiger partial charge in [-0.05, 0) is 25.7 Å². The van der Waals surface area contributed by atoms with Crippen LogP contribution in [-0.4, -0.2) is 32.4 Å². The highest BCUT2D eigenvalue weighted by atomic mass is 16.2. The van der Waals surface area contributed by atoms with E-state index in [0.29, 0.717) is 12.6 Å². The minimum atomic E-state index is 0.0182. The summed E-state index contributed by atoms with van der Waals surface area (Å²) in [6.45, 7) is 0.621. The summed E-state index contributed by atoms with van der Waals surface area (Å²) in [6, 6.07) is 0.451. The molecule has 2 N–H and O–H groups in total. The van der Waals surface area contributed by atoms with Crippen LogP contribution < -0.4 is 5.73 Å². The second kappa shape index (κ2) is 5.56. The van der Waals surface area contributed by atoms with Crippen LogP contribution >= 0.6 is 0 Å². The van der Waals surface area contributed by atoms with Crippen LogP contribution in [0.2, 0.25) is 0 Å². The number of carbonyl (C=O) groups excluding carboxylic acids is 1. The van der Waals surface area contributed by atoms with Crippen LogP contribution in [0.25, 0.3) is 0 Å². The van der Waals surface area contributed by atoms with Crippen LogP contribution in [0.5, 0.6) is 0 Å². The van der Waals surface area contributed by atoms with Crippen molar-refractivity contribution in [1.82, 2.24) is 14.5 Å². The molecule has 5 nitrogen and oxygen atoms in total. The number of nitrogens with two attached hydrogens (primary N) is 1. The Kier molecular flexibility index (Phi) is 3.78. The number of aryl methyl sites for hydroxylation is 1. The van der Waals surface area contributed by atoms with E-state index in [2.05, 4.69) is 4.98 Å². The van der Waals surface area contributed by atoms with Crippen LogP contribution in [0, 0.1) is 5.92 Å². The van der Waals surface area contributed by atoms with Gasteiger partial charge in [-0.25, -0.2) is 4.98 Å². The molecule has 2 unspecified atom stereocenters. The van der Waals surface area contributed by atoms with Gasteiger partial charge >= 0.3 is 0 Å². The average Bonchev–Trinajstić information content (AvgIpc) is 3.20. The summed E-state index contributed by atoms with van der Waals surface area (Å²) < 4.78 is 1.99. The maximum absolute atomic E-state index is 12.8. The maximum atomic E-state index is 12.8. The van der Waals surface area contributed by atoms with Crippen molar-refractivity contribution in [2.45, 2.75) is 57.2 Å². The van der Waals surface area contributed by atoms with Gasteiger partial charge in [-0.2, -0.15) is 0 Å². The number of hydrogen-bond donors (Lipinski definition) is 1. The second-order valence-electron chi connectivity index (χ2n) is 6.21. The number of imidazole rings is 1. The fourth-order valence-electron chi connectivity index (χ4n) is 3.15. The Morgan fingerprint density at radius 1 is 1.40 bits per heavy atom. The molecule has 3 rings (SSSR count). The molecular weight excluding hydrogens is 252 g/mol. The van der Waals surface area contributed by atoms with Crippen LogP contribution in [0.15, 0.2) is 12.4 Å². The first-order valence-electron chi connectivity index (χ1n) is 7.69. The number of nitrogens with zero attached hydrogens (tertiary/aromatic N) is 3. The molecule has 0 aliphatic heterocycles. The molecule has 2 saturated carbocycles. The molecule has 0 saturated heterocycles. The van der Waals surface area contributed by atoms with Gasteiger partial charge in [0.15, 0.2) is 0 Å². The highest BCUT2D eigenvalue weighted by Crippen LogP contribution is 2.32. The molecule has 20 heavy (non-hydrogen) atoms. The molecule has 1 heterocycles. The molecule has 1 aromatic heterocycles. The third-order valence-corrected chi connectivity index (χ3v) is 4.64. The van der Waals surface area contributed by atoms with E-state index < -0.39 is 0 Å². The SMILES string of the molecule is Cn1ccnc1CN(C(=O)C1CCCCC1N)C1CC1. The van der Waals surface area contributed by atoms with Gasteiger partial charge in [0.05, 0.1) is 12.5 Å². The molecule has 1 aromatic rings. The molecule has 1 amide bonds. The van der Waals surface area contributed by atoms with Gasteiger partial charge in [0.1, 0.15) is 5.82 Å². The van der Waals surface area contributed by atoms with E-state index in [1.165, 1.54) is 0 Å². The van der Waals surface area contributed by atoms with Gasteiger partial charge in [-0.3, -0.25) is 4.79 Å². The lowest BCUT2D eigenvalue weighted by atomic mass is 9.84. The van der Waals surface area contributed by atoms with Crippen LogP contribution in [-0.2, 0) is 18.4 Å². The van der Waals surface area contributed by atoms with Crippen LogP contribution in [0.3, 0.4) is 0 Å². The highest BCUT2D eigenvalue weighted by molar-refractivity contribution is 5.80. The van der Waals surface area contributed by atoms with Crippen molar-refractivity contribution in [3.8, 4) is 0 Å². The van der Waals surface area contributed by atoms with Crippen molar-refractivity contribution in [1.29, 1.82) is 0 Å². The minimum absolute atomic E-state index is 0.0182. The zero-order valence-electron chi connectivity index (χ0n) is 12.2. The average molecular weight is 276 g/mol. The molecule has 0 radical (unpaired) electrons. The lowest BCUT2D eigenvalue weighted by molar-refractivity contribution is -0.138. The van der Waals surface area contributed by atoms with Crippen LogP contribution in [0.4, 0.5) is 0 Å². The predicted molar refractivity (Wildman–Crippen MR) is 76.7 cm³/mol. The molecule has 110 valence electrons.